The molecule has 0 bridgehead atoms. The van der Waals surface area contributed by atoms with Crippen LogP contribution in [0.3, 0.4) is 0 Å². The number of piperidine rings is 1. The van der Waals surface area contributed by atoms with Crippen molar-refractivity contribution in [1.29, 1.82) is 0 Å². The maximum atomic E-state index is 12.3. The van der Waals surface area contributed by atoms with Gasteiger partial charge in [0.25, 0.3) is 0 Å². The number of likely N-dealkylation sites (tertiary alicyclic amines) is 1. The molecule has 1 aromatic heterocycles. The molecule has 0 spiro atoms. The Morgan fingerprint density at radius 2 is 1.81 bits per heavy atom. The normalized spacial score (nSPS) is 14.2. The summed E-state index contributed by atoms with van der Waals surface area (Å²) in [5, 5.41) is 5.13. The SMILES string of the molecule is COC(=O)c1ccc(NC(=O)C(=O)NCC2CCN(C(=O)/C=C/c3ccco3)CC2)cc1. The maximum absolute atomic E-state index is 12.3. The van der Waals surface area contributed by atoms with Gasteiger partial charge in [0.2, 0.25) is 5.91 Å². The minimum atomic E-state index is -0.786. The molecule has 0 aliphatic carbocycles. The second kappa shape index (κ2) is 10.9. The molecule has 0 unspecified atom stereocenters. The van der Waals surface area contributed by atoms with Crippen LogP contribution in [0.15, 0.2) is 53.2 Å². The van der Waals surface area contributed by atoms with E-state index in [1.165, 1.54) is 37.5 Å². The molecule has 3 amide bonds. The molecule has 9 nitrogen and oxygen atoms in total. The van der Waals surface area contributed by atoms with Gasteiger partial charge in [-0.2, -0.15) is 0 Å². The first-order valence-electron chi connectivity index (χ1n) is 10.2. The quantitative estimate of drug-likeness (QED) is 0.404. The van der Waals surface area contributed by atoms with E-state index in [1.807, 2.05) is 0 Å². The Balaban J connectivity index is 1.38. The summed E-state index contributed by atoms with van der Waals surface area (Å²) < 4.78 is 9.78. The van der Waals surface area contributed by atoms with Gasteiger partial charge in [-0.15, -0.1) is 0 Å². The third-order valence-corrected chi connectivity index (χ3v) is 5.18. The van der Waals surface area contributed by atoms with E-state index in [9.17, 15) is 19.2 Å². The number of nitrogens with zero attached hydrogens (tertiary/aromatic N) is 1. The Morgan fingerprint density at radius 3 is 2.44 bits per heavy atom. The van der Waals surface area contributed by atoms with Gasteiger partial charge in [0.15, 0.2) is 0 Å². The first-order chi connectivity index (χ1) is 15.5. The Kier molecular flexibility index (Phi) is 7.80. The van der Waals surface area contributed by atoms with Crippen molar-refractivity contribution >= 4 is 35.5 Å². The first kappa shape index (κ1) is 22.8. The number of benzene rings is 1. The van der Waals surface area contributed by atoms with Crippen LogP contribution < -0.4 is 10.6 Å². The van der Waals surface area contributed by atoms with Gasteiger partial charge in [0, 0.05) is 31.4 Å². The number of hydrogen-bond acceptors (Lipinski definition) is 6. The standard InChI is InChI=1S/C23H25N3O6/c1-31-23(30)17-4-6-18(7-5-17)25-22(29)21(28)24-15-16-10-12-26(13-11-16)20(27)9-8-19-3-2-14-32-19/h2-9,14,16H,10-13,15H2,1H3,(H,24,28)(H,25,29)/b9-8+. The smallest absolute Gasteiger partial charge is 0.337 e. The fourth-order valence-corrected chi connectivity index (χ4v) is 3.32. The zero-order valence-electron chi connectivity index (χ0n) is 17.7. The van der Waals surface area contributed by atoms with Gasteiger partial charge in [-0.3, -0.25) is 14.4 Å². The van der Waals surface area contributed by atoms with E-state index < -0.39 is 17.8 Å². The zero-order chi connectivity index (χ0) is 22.9. The summed E-state index contributed by atoms with van der Waals surface area (Å²) in [6.07, 6.45) is 6.14. The van der Waals surface area contributed by atoms with Crippen molar-refractivity contribution < 1.29 is 28.3 Å². The maximum Gasteiger partial charge on any atom is 0.337 e. The highest BCUT2D eigenvalue weighted by molar-refractivity contribution is 6.39. The number of carbonyl (C=O) groups excluding carboxylic acids is 4. The Bertz CT molecular complexity index is 974. The second-order valence-electron chi connectivity index (χ2n) is 7.35. The van der Waals surface area contributed by atoms with Gasteiger partial charge in [-0.1, -0.05) is 0 Å². The molecule has 1 fully saturated rings. The van der Waals surface area contributed by atoms with Crippen molar-refractivity contribution in [2.24, 2.45) is 5.92 Å². The molecular weight excluding hydrogens is 414 g/mol. The van der Waals surface area contributed by atoms with Gasteiger partial charge >= 0.3 is 17.8 Å². The largest absolute Gasteiger partial charge is 0.465 e. The van der Waals surface area contributed by atoms with Gasteiger partial charge in [0.05, 0.1) is 18.9 Å². The molecule has 2 heterocycles. The van der Waals surface area contributed by atoms with E-state index in [0.717, 1.165) is 12.8 Å². The number of esters is 1. The molecule has 1 aliphatic rings. The van der Waals surface area contributed by atoms with Crippen LogP contribution >= 0.6 is 0 Å². The number of anilines is 1. The zero-order valence-corrected chi connectivity index (χ0v) is 17.7. The summed E-state index contributed by atoms with van der Waals surface area (Å²) in [5.74, 6) is -1.28. The highest BCUT2D eigenvalue weighted by Gasteiger charge is 2.23. The molecule has 1 saturated heterocycles. The lowest BCUT2D eigenvalue weighted by atomic mass is 9.96. The molecule has 3 rings (SSSR count). The van der Waals surface area contributed by atoms with Crippen LogP contribution in [0.25, 0.3) is 6.08 Å². The third-order valence-electron chi connectivity index (χ3n) is 5.18. The molecule has 0 saturated carbocycles. The van der Waals surface area contributed by atoms with Crippen LogP contribution in [-0.4, -0.2) is 55.3 Å². The monoisotopic (exact) mass is 439 g/mol. The van der Waals surface area contributed by atoms with Crippen LogP contribution in [0.5, 0.6) is 0 Å². The summed E-state index contributed by atoms with van der Waals surface area (Å²) in [4.78, 5) is 49.6. The molecule has 0 radical (unpaired) electrons. The van der Waals surface area contributed by atoms with Gasteiger partial charge in [-0.05, 0) is 61.2 Å². The summed E-state index contributed by atoms with van der Waals surface area (Å²) in [5.41, 5.74) is 0.739. The molecule has 1 aromatic carbocycles. The highest BCUT2D eigenvalue weighted by atomic mass is 16.5. The average molecular weight is 439 g/mol. The Labute approximate surface area is 185 Å². The predicted octanol–water partition coefficient (Wildman–Crippen LogP) is 2.07. The fraction of sp³-hybridized carbons (Fsp3) is 0.304. The lowest BCUT2D eigenvalue weighted by Crippen LogP contribution is -2.43. The number of rotatable bonds is 6. The molecule has 2 N–H and O–H groups in total. The lowest BCUT2D eigenvalue weighted by Gasteiger charge is -2.31. The van der Waals surface area contributed by atoms with Gasteiger partial charge < -0.3 is 24.7 Å². The fourth-order valence-electron chi connectivity index (χ4n) is 3.32. The van der Waals surface area contributed by atoms with Crippen molar-refractivity contribution in [3.63, 3.8) is 0 Å². The lowest BCUT2D eigenvalue weighted by molar-refractivity contribution is -0.136. The van der Waals surface area contributed by atoms with Crippen molar-refractivity contribution in [3.8, 4) is 0 Å². The number of nitrogens with one attached hydrogen (secondary N) is 2. The van der Waals surface area contributed by atoms with Crippen LogP contribution in [0.2, 0.25) is 0 Å². The van der Waals surface area contributed by atoms with Crippen molar-refractivity contribution in [2.75, 3.05) is 32.1 Å². The topological polar surface area (TPSA) is 118 Å². The third kappa shape index (κ3) is 6.31. The van der Waals surface area contributed by atoms with Crippen LogP contribution in [0.4, 0.5) is 5.69 Å². The number of furan rings is 1. The van der Waals surface area contributed by atoms with E-state index in [-0.39, 0.29) is 11.8 Å². The number of methoxy groups -OCH3 is 1. The second-order valence-corrected chi connectivity index (χ2v) is 7.35. The molecule has 0 atom stereocenters. The minimum absolute atomic E-state index is 0.0820. The van der Waals surface area contributed by atoms with Crippen molar-refractivity contribution in [1.82, 2.24) is 10.2 Å². The Morgan fingerprint density at radius 1 is 1.09 bits per heavy atom. The molecular formula is C23H25N3O6. The number of carbonyl (C=O) groups is 4. The van der Waals surface area contributed by atoms with E-state index in [1.54, 1.807) is 29.4 Å². The summed E-state index contributed by atoms with van der Waals surface area (Å²) in [7, 11) is 1.28. The predicted molar refractivity (Wildman–Crippen MR) is 116 cm³/mol. The highest BCUT2D eigenvalue weighted by Crippen LogP contribution is 2.17. The summed E-state index contributed by atoms with van der Waals surface area (Å²) in [6.45, 7) is 1.53. The van der Waals surface area contributed by atoms with Crippen molar-refractivity contribution in [2.45, 2.75) is 12.8 Å². The summed E-state index contributed by atoms with van der Waals surface area (Å²) in [6, 6.07) is 9.56. The number of amides is 3. The van der Waals surface area contributed by atoms with E-state index in [0.29, 0.717) is 36.6 Å². The number of ether oxygens (including phenoxy) is 1. The van der Waals surface area contributed by atoms with Gasteiger partial charge in [0.1, 0.15) is 5.76 Å². The van der Waals surface area contributed by atoms with Crippen LogP contribution in [0, 0.1) is 5.92 Å². The molecule has 168 valence electrons. The average Bonchev–Trinajstić information content (AvgIpc) is 3.35. The Hall–Kier alpha value is -3.88. The van der Waals surface area contributed by atoms with E-state index >= 15 is 0 Å². The molecule has 1 aliphatic heterocycles. The minimum Gasteiger partial charge on any atom is -0.465 e. The van der Waals surface area contributed by atoms with Crippen molar-refractivity contribution in [3.05, 3.63) is 60.1 Å². The first-order valence-corrected chi connectivity index (χ1v) is 10.2. The van der Waals surface area contributed by atoms with Crippen LogP contribution in [-0.2, 0) is 19.1 Å². The molecule has 9 heteroatoms. The summed E-state index contributed by atoms with van der Waals surface area (Å²) >= 11 is 0. The van der Waals surface area contributed by atoms with Crippen LogP contribution in [0.1, 0.15) is 29.0 Å². The molecule has 32 heavy (non-hydrogen) atoms. The number of hydrogen-bond donors (Lipinski definition) is 2. The van der Waals surface area contributed by atoms with E-state index in [4.69, 9.17) is 4.42 Å². The van der Waals surface area contributed by atoms with E-state index in [2.05, 4.69) is 15.4 Å². The molecule has 2 aromatic rings. The van der Waals surface area contributed by atoms with Gasteiger partial charge in [-0.25, -0.2) is 4.79 Å².